The number of rotatable bonds is 2. The van der Waals surface area contributed by atoms with Crippen LogP contribution in [0.3, 0.4) is 0 Å². The lowest BCUT2D eigenvalue weighted by molar-refractivity contribution is 0.596. The monoisotopic (exact) mass is 249 g/mol. The van der Waals surface area contributed by atoms with Gasteiger partial charge in [-0.25, -0.2) is 13.6 Å². The van der Waals surface area contributed by atoms with Gasteiger partial charge in [-0.2, -0.15) is 0 Å². The first-order valence-electron chi connectivity index (χ1n) is 5.45. The van der Waals surface area contributed by atoms with Crippen LogP contribution in [0.5, 0.6) is 0 Å². The first-order chi connectivity index (χ1) is 7.91. The first-order valence-corrected chi connectivity index (χ1v) is 7.00. The summed E-state index contributed by atoms with van der Waals surface area (Å²) in [4.78, 5) is 0.228. The molecule has 0 amide bonds. The third-order valence-electron chi connectivity index (χ3n) is 2.81. The van der Waals surface area contributed by atoms with E-state index in [1.54, 1.807) is 12.1 Å². The second-order valence-corrected chi connectivity index (χ2v) is 5.93. The Balaban J connectivity index is 2.92. The van der Waals surface area contributed by atoms with E-state index in [4.69, 9.17) is 5.14 Å². The van der Waals surface area contributed by atoms with E-state index in [0.29, 0.717) is 0 Å². The average molecular weight is 249 g/mol. The SMILES string of the molecule is CC(C)c1c(S(N)(=O)=O)ccc2ccccc12. The van der Waals surface area contributed by atoms with E-state index in [1.165, 1.54) is 0 Å². The fraction of sp³-hybridized carbons (Fsp3) is 0.231. The van der Waals surface area contributed by atoms with Gasteiger partial charge in [0.05, 0.1) is 4.90 Å². The number of nitrogens with two attached hydrogens (primary N) is 1. The predicted molar refractivity (Wildman–Crippen MR) is 69.4 cm³/mol. The summed E-state index contributed by atoms with van der Waals surface area (Å²) in [5.74, 6) is 0.106. The Bertz CT molecular complexity index is 660. The summed E-state index contributed by atoms with van der Waals surface area (Å²) >= 11 is 0. The van der Waals surface area contributed by atoms with Crippen molar-refractivity contribution in [2.75, 3.05) is 0 Å². The molecule has 0 fully saturated rings. The molecule has 0 heterocycles. The maximum absolute atomic E-state index is 11.6. The molecule has 2 aromatic rings. The lowest BCUT2D eigenvalue weighted by Crippen LogP contribution is -2.15. The summed E-state index contributed by atoms with van der Waals surface area (Å²) in [5, 5.41) is 7.24. The molecule has 2 rings (SSSR count). The van der Waals surface area contributed by atoms with Gasteiger partial charge in [0.2, 0.25) is 10.0 Å². The Labute approximate surface area is 101 Å². The number of hydrogen-bond donors (Lipinski definition) is 1. The predicted octanol–water partition coefficient (Wildman–Crippen LogP) is 2.61. The second-order valence-electron chi connectivity index (χ2n) is 4.40. The molecule has 0 aromatic heterocycles. The van der Waals surface area contributed by atoms with E-state index in [1.807, 2.05) is 38.1 Å². The van der Waals surface area contributed by atoms with Gasteiger partial charge < -0.3 is 0 Å². The molecule has 0 radical (unpaired) electrons. The van der Waals surface area contributed by atoms with Crippen LogP contribution in [-0.2, 0) is 10.0 Å². The second kappa shape index (κ2) is 4.13. The topological polar surface area (TPSA) is 60.2 Å². The van der Waals surface area contributed by atoms with E-state index in [-0.39, 0.29) is 10.8 Å². The molecular weight excluding hydrogens is 234 g/mol. The Hall–Kier alpha value is -1.39. The smallest absolute Gasteiger partial charge is 0.225 e. The molecule has 4 heteroatoms. The molecule has 17 heavy (non-hydrogen) atoms. The van der Waals surface area contributed by atoms with Crippen LogP contribution in [0.25, 0.3) is 10.8 Å². The van der Waals surface area contributed by atoms with E-state index in [9.17, 15) is 8.42 Å². The van der Waals surface area contributed by atoms with Gasteiger partial charge >= 0.3 is 0 Å². The maximum atomic E-state index is 11.6. The van der Waals surface area contributed by atoms with Gasteiger partial charge in [-0.1, -0.05) is 44.2 Å². The highest BCUT2D eigenvalue weighted by atomic mass is 32.2. The van der Waals surface area contributed by atoms with Crippen LogP contribution in [0.4, 0.5) is 0 Å². The molecule has 90 valence electrons. The highest BCUT2D eigenvalue weighted by Gasteiger charge is 2.18. The zero-order valence-electron chi connectivity index (χ0n) is 9.84. The molecular formula is C13H15NO2S. The van der Waals surface area contributed by atoms with Crippen LogP contribution in [0.2, 0.25) is 0 Å². The summed E-state index contributed by atoms with van der Waals surface area (Å²) in [6, 6.07) is 11.1. The Kier molecular flexibility index (Phi) is 2.93. The number of benzene rings is 2. The standard InChI is InChI=1S/C13H15NO2S/c1-9(2)13-11-6-4-3-5-10(11)7-8-12(13)17(14,15)16/h3-9H,1-2H3,(H2,14,15,16). The lowest BCUT2D eigenvalue weighted by Gasteiger charge is -2.14. The quantitative estimate of drug-likeness (QED) is 0.889. The minimum Gasteiger partial charge on any atom is -0.225 e. The molecule has 0 aliphatic carbocycles. The molecule has 0 spiro atoms. The van der Waals surface area contributed by atoms with Crippen LogP contribution in [-0.4, -0.2) is 8.42 Å². The van der Waals surface area contributed by atoms with Gasteiger partial charge in [-0.05, 0) is 28.3 Å². The van der Waals surface area contributed by atoms with Gasteiger partial charge in [0, 0.05) is 0 Å². The largest absolute Gasteiger partial charge is 0.238 e. The van der Waals surface area contributed by atoms with Crippen molar-refractivity contribution in [2.45, 2.75) is 24.7 Å². The summed E-state index contributed by atoms with van der Waals surface area (Å²) in [6.45, 7) is 3.94. The number of fused-ring (bicyclic) bond motifs is 1. The van der Waals surface area contributed by atoms with Crippen molar-refractivity contribution in [3.8, 4) is 0 Å². The summed E-state index contributed by atoms with van der Waals surface area (Å²) in [6.07, 6.45) is 0. The Morgan fingerprint density at radius 1 is 1.06 bits per heavy atom. The highest BCUT2D eigenvalue weighted by Crippen LogP contribution is 2.30. The normalized spacial score (nSPS) is 12.2. The number of primary sulfonamides is 1. The van der Waals surface area contributed by atoms with Crippen molar-refractivity contribution in [1.82, 2.24) is 0 Å². The fourth-order valence-corrected chi connectivity index (χ4v) is 3.03. The first kappa shape index (κ1) is 12.1. The Morgan fingerprint density at radius 3 is 2.29 bits per heavy atom. The lowest BCUT2D eigenvalue weighted by atomic mass is 9.96. The third-order valence-corrected chi connectivity index (χ3v) is 3.78. The number of sulfonamides is 1. The van der Waals surface area contributed by atoms with Crippen LogP contribution >= 0.6 is 0 Å². The van der Waals surface area contributed by atoms with Crippen LogP contribution in [0, 0.1) is 0 Å². The van der Waals surface area contributed by atoms with Crippen LogP contribution < -0.4 is 5.14 Å². The molecule has 2 N–H and O–H groups in total. The zero-order chi connectivity index (χ0) is 12.6. The van der Waals surface area contributed by atoms with E-state index < -0.39 is 10.0 Å². The van der Waals surface area contributed by atoms with Crippen molar-refractivity contribution < 1.29 is 8.42 Å². The van der Waals surface area contributed by atoms with Crippen molar-refractivity contribution in [3.63, 3.8) is 0 Å². The molecule has 0 saturated heterocycles. The van der Waals surface area contributed by atoms with E-state index >= 15 is 0 Å². The molecule has 0 aliphatic rings. The highest BCUT2D eigenvalue weighted by molar-refractivity contribution is 7.89. The summed E-state index contributed by atoms with van der Waals surface area (Å²) in [5.41, 5.74) is 0.797. The van der Waals surface area contributed by atoms with E-state index in [2.05, 4.69) is 0 Å². The summed E-state index contributed by atoms with van der Waals surface area (Å²) < 4.78 is 23.2. The molecule has 0 saturated carbocycles. The van der Waals surface area contributed by atoms with Crippen molar-refractivity contribution in [1.29, 1.82) is 0 Å². The molecule has 0 unspecified atom stereocenters. The maximum Gasteiger partial charge on any atom is 0.238 e. The van der Waals surface area contributed by atoms with Crippen LogP contribution in [0.15, 0.2) is 41.3 Å². The molecule has 2 aromatic carbocycles. The molecule has 0 bridgehead atoms. The third kappa shape index (κ3) is 2.18. The van der Waals surface area contributed by atoms with Gasteiger partial charge in [0.1, 0.15) is 0 Å². The number of hydrogen-bond acceptors (Lipinski definition) is 2. The average Bonchev–Trinajstić information content (AvgIpc) is 2.26. The van der Waals surface area contributed by atoms with Gasteiger partial charge in [-0.15, -0.1) is 0 Å². The van der Waals surface area contributed by atoms with Crippen LogP contribution in [0.1, 0.15) is 25.3 Å². The zero-order valence-corrected chi connectivity index (χ0v) is 10.7. The Morgan fingerprint density at radius 2 is 1.71 bits per heavy atom. The van der Waals surface area contributed by atoms with Gasteiger partial charge in [0.25, 0.3) is 0 Å². The molecule has 0 aliphatic heterocycles. The van der Waals surface area contributed by atoms with E-state index in [0.717, 1.165) is 16.3 Å². The molecule has 0 atom stereocenters. The summed E-state index contributed by atoms with van der Waals surface area (Å²) in [7, 11) is -3.67. The van der Waals surface area contributed by atoms with Crippen molar-refractivity contribution in [3.05, 3.63) is 42.0 Å². The fourth-order valence-electron chi connectivity index (χ4n) is 2.12. The minimum atomic E-state index is -3.67. The van der Waals surface area contributed by atoms with Gasteiger partial charge in [-0.3, -0.25) is 0 Å². The van der Waals surface area contributed by atoms with Crippen molar-refractivity contribution >= 4 is 20.8 Å². The minimum absolute atomic E-state index is 0.106. The molecule has 3 nitrogen and oxygen atoms in total. The van der Waals surface area contributed by atoms with Gasteiger partial charge in [0.15, 0.2) is 0 Å². The van der Waals surface area contributed by atoms with Crippen molar-refractivity contribution in [2.24, 2.45) is 5.14 Å².